The van der Waals surface area contributed by atoms with Gasteiger partial charge in [0.05, 0.1) is 16.7 Å². The van der Waals surface area contributed by atoms with Gasteiger partial charge in [-0.2, -0.15) is 0 Å². The van der Waals surface area contributed by atoms with Gasteiger partial charge in [-0.15, -0.1) is 0 Å². The van der Waals surface area contributed by atoms with E-state index in [2.05, 4.69) is 0 Å². The first kappa shape index (κ1) is 15.0. The Hall–Kier alpha value is -0.350. The zero-order valence-corrected chi connectivity index (χ0v) is 12.3. The molecule has 0 radical (unpaired) electrons. The fourth-order valence-corrected chi connectivity index (χ4v) is 2.97. The molecule has 1 heterocycles. The summed E-state index contributed by atoms with van der Waals surface area (Å²) in [6, 6.07) is 2.54. The van der Waals surface area contributed by atoms with Crippen molar-refractivity contribution in [2.24, 2.45) is 0 Å². The molecule has 1 saturated heterocycles. The molecule has 2 rings (SSSR count). The zero-order chi connectivity index (χ0) is 14.0. The fourth-order valence-electron chi connectivity index (χ4n) is 2.38. The van der Waals surface area contributed by atoms with Crippen molar-refractivity contribution in [3.8, 4) is 0 Å². The summed E-state index contributed by atoms with van der Waals surface area (Å²) in [7, 11) is 0. The summed E-state index contributed by atoms with van der Waals surface area (Å²) in [6.07, 6.45) is 3.45. The number of benzene rings is 1. The first-order valence-corrected chi connectivity index (χ1v) is 7.15. The molecule has 106 valence electrons. The summed E-state index contributed by atoms with van der Waals surface area (Å²) < 4.78 is 19.0. The lowest BCUT2D eigenvalue weighted by Gasteiger charge is -2.26. The van der Waals surface area contributed by atoms with Crippen LogP contribution >= 0.6 is 23.2 Å². The third-order valence-corrected chi connectivity index (χ3v) is 4.17. The molecule has 2 unspecified atom stereocenters. The van der Waals surface area contributed by atoms with Gasteiger partial charge in [0.2, 0.25) is 0 Å². The van der Waals surface area contributed by atoms with E-state index in [9.17, 15) is 9.50 Å². The summed E-state index contributed by atoms with van der Waals surface area (Å²) >= 11 is 11.7. The summed E-state index contributed by atoms with van der Waals surface area (Å²) in [5.74, 6) is -0.571. The lowest BCUT2D eigenvalue weighted by Crippen LogP contribution is -2.24. The van der Waals surface area contributed by atoms with Gasteiger partial charge < -0.3 is 9.84 Å². The molecule has 0 saturated carbocycles. The molecule has 5 heteroatoms. The highest BCUT2D eigenvalue weighted by atomic mass is 35.5. The molecule has 0 aliphatic carbocycles. The third kappa shape index (κ3) is 3.60. The Kier molecular flexibility index (Phi) is 4.72. The molecule has 0 spiro atoms. The standard InChI is InChI=1S/C14H17Cl2FO2/c1-14(18,5-4-9-3-2-6-19-9)10-7-13(17)12(16)8-11(10)15/h7-9,18H,2-6H2,1H3. The quantitative estimate of drug-likeness (QED) is 0.840. The van der Waals surface area contributed by atoms with E-state index in [0.29, 0.717) is 12.0 Å². The molecule has 2 atom stereocenters. The Morgan fingerprint density at radius 2 is 2.16 bits per heavy atom. The van der Waals surface area contributed by atoms with Crippen LogP contribution < -0.4 is 0 Å². The van der Waals surface area contributed by atoms with Crippen LogP contribution in [-0.4, -0.2) is 17.8 Å². The molecular weight excluding hydrogens is 290 g/mol. The number of rotatable bonds is 4. The molecular formula is C14H17Cl2FO2. The smallest absolute Gasteiger partial charge is 0.142 e. The molecule has 2 nitrogen and oxygen atoms in total. The van der Waals surface area contributed by atoms with E-state index in [1.807, 2.05) is 0 Å². The Balaban J connectivity index is 2.11. The first-order chi connectivity index (χ1) is 8.90. The Bertz CT molecular complexity index is 457. The minimum atomic E-state index is -1.19. The molecule has 1 aromatic carbocycles. The van der Waals surface area contributed by atoms with Crippen molar-refractivity contribution in [1.82, 2.24) is 0 Å². The van der Waals surface area contributed by atoms with E-state index in [1.54, 1.807) is 6.92 Å². The van der Waals surface area contributed by atoms with Gasteiger partial charge in [-0.25, -0.2) is 4.39 Å². The van der Waals surface area contributed by atoms with Crippen molar-refractivity contribution in [3.05, 3.63) is 33.6 Å². The van der Waals surface area contributed by atoms with Crippen LogP contribution in [-0.2, 0) is 10.3 Å². The SMILES string of the molecule is CC(O)(CCC1CCCO1)c1cc(F)c(Cl)cc1Cl. The largest absolute Gasteiger partial charge is 0.385 e. The van der Waals surface area contributed by atoms with Crippen LogP contribution in [0.5, 0.6) is 0 Å². The van der Waals surface area contributed by atoms with E-state index in [-0.39, 0.29) is 16.1 Å². The van der Waals surface area contributed by atoms with E-state index >= 15 is 0 Å². The highest BCUT2D eigenvalue weighted by Crippen LogP contribution is 2.36. The predicted octanol–water partition coefficient (Wildman–Crippen LogP) is 4.30. The van der Waals surface area contributed by atoms with Crippen molar-refractivity contribution in [2.75, 3.05) is 6.61 Å². The van der Waals surface area contributed by atoms with E-state index < -0.39 is 11.4 Å². The molecule has 1 fully saturated rings. The second-order valence-electron chi connectivity index (χ2n) is 5.19. The van der Waals surface area contributed by atoms with Gasteiger partial charge in [0.25, 0.3) is 0 Å². The summed E-state index contributed by atoms with van der Waals surface area (Å²) in [6.45, 7) is 2.42. The van der Waals surface area contributed by atoms with Gasteiger partial charge in [0.1, 0.15) is 5.82 Å². The van der Waals surface area contributed by atoms with Gasteiger partial charge in [0.15, 0.2) is 0 Å². The van der Waals surface area contributed by atoms with E-state index in [4.69, 9.17) is 27.9 Å². The number of ether oxygens (including phenoxy) is 1. The lowest BCUT2D eigenvalue weighted by atomic mass is 9.89. The number of halogens is 3. The van der Waals surface area contributed by atoms with Gasteiger partial charge in [0, 0.05) is 17.2 Å². The zero-order valence-electron chi connectivity index (χ0n) is 10.8. The molecule has 0 aromatic heterocycles. The normalized spacial score (nSPS) is 22.5. The average molecular weight is 307 g/mol. The predicted molar refractivity (Wildman–Crippen MR) is 74.2 cm³/mol. The molecule has 1 aliphatic rings. The van der Waals surface area contributed by atoms with Crippen molar-refractivity contribution < 1.29 is 14.2 Å². The average Bonchev–Trinajstić information content (AvgIpc) is 2.84. The van der Waals surface area contributed by atoms with Crippen LogP contribution in [0.3, 0.4) is 0 Å². The maximum Gasteiger partial charge on any atom is 0.142 e. The minimum Gasteiger partial charge on any atom is -0.385 e. The van der Waals surface area contributed by atoms with E-state index in [1.165, 1.54) is 12.1 Å². The summed E-state index contributed by atoms with van der Waals surface area (Å²) in [4.78, 5) is 0. The molecule has 19 heavy (non-hydrogen) atoms. The molecule has 0 bridgehead atoms. The summed E-state index contributed by atoms with van der Waals surface area (Å²) in [5.41, 5.74) is -0.817. The minimum absolute atomic E-state index is 0.0383. The Morgan fingerprint density at radius 3 is 2.79 bits per heavy atom. The van der Waals surface area contributed by atoms with Gasteiger partial charge in [-0.3, -0.25) is 0 Å². The van der Waals surface area contributed by atoms with Gasteiger partial charge in [-0.05, 0) is 44.7 Å². The van der Waals surface area contributed by atoms with Crippen LogP contribution in [0.4, 0.5) is 4.39 Å². The number of hydrogen-bond acceptors (Lipinski definition) is 2. The highest BCUT2D eigenvalue weighted by Gasteiger charge is 2.29. The van der Waals surface area contributed by atoms with Crippen LogP contribution in [0.25, 0.3) is 0 Å². The topological polar surface area (TPSA) is 29.5 Å². The fraction of sp³-hybridized carbons (Fsp3) is 0.571. The monoisotopic (exact) mass is 306 g/mol. The second kappa shape index (κ2) is 5.96. The van der Waals surface area contributed by atoms with Crippen molar-refractivity contribution >= 4 is 23.2 Å². The first-order valence-electron chi connectivity index (χ1n) is 6.39. The van der Waals surface area contributed by atoms with Crippen molar-refractivity contribution in [2.45, 2.75) is 44.3 Å². The Labute approximate surface area is 122 Å². The Morgan fingerprint density at radius 1 is 1.42 bits per heavy atom. The molecule has 1 N–H and O–H groups in total. The lowest BCUT2D eigenvalue weighted by molar-refractivity contribution is 0.0219. The van der Waals surface area contributed by atoms with Gasteiger partial charge in [-0.1, -0.05) is 23.2 Å². The van der Waals surface area contributed by atoms with E-state index in [0.717, 1.165) is 25.9 Å². The number of aliphatic hydroxyl groups is 1. The van der Waals surface area contributed by atoms with Crippen LogP contribution in [0.15, 0.2) is 12.1 Å². The van der Waals surface area contributed by atoms with Crippen molar-refractivity contribution in [3.63, 3.8) is 0 Å². The van der Waals surface area contributed by atoms with Crippen LogP contribution in [0, 0.1) is 5.82 Å². The number of hydrogen-bond donors (Lipinski definition) is 1. The van der Waals surface area contributed by atoms with Gasteiger partial charge >= 0.3 is 0 Å². The second-order valence-corrected chi connectivity index (χ2v) is 6.01. The molecule has 1 aliphatic heterocycles. The molecule has 0 amide bonds. The van der Waals surface area contributed by atoms with Crippen LogP contribution in [0.1, 0.15) is 38.2 Å². The highest BCUT2D eigenvalue weighted by molar-refractivity contribution is 6.35. The molecule has 1 aromatic rings. The third-order valence-electron chi connectivity index (χ3n) is 3.57. The maximum absolute atomic E-state index is 13.5. The summed E-state index contributed by atoms with van der Waals surface area (Å²) in [5, 5.41) is 10.7. The van der Waals surface area contributed by atoms with Crippen molar-refractivity contribution in [1.29, 1.82) is 0 Å². The maximum atomic E-state index is 13.5. The van der Waals surface area contributed by atoms with Crippen LogP contribution in [0.2, 0.25) is 10.0 Å².